The first-order valence-electron chi connectivity index (χ1n) is 8.28. The van der Waals surface area contributed by atoms with E-state index < -0.39 is 0 Å². The Kier molecular flexibility index (Phi) is 4.20. The van der Waals surface area contributed by atoms with E-state index in [9.17, 15) is 4.79 Å². The Hall–Kier alpha value is -2.17. The lowest BCUT2D eigenvalue weighted by Gasteiger charge is -2.37. The number of aryl methyl sites for hydroxylation is 1. The van der Waals surface area contributed by atoms with Gasteiger partial charge in [0.1, 0.15) is 11.6 Å². The summed E-state index contributed by atoms with van der Waals surface area (Å²) in [5.41, 5.74) is 1.96. The third-order valence-corrected chi connectivity index (χ3v) is 4.62. The topological polar surface area (TPSA) is 61.9 Å². The van der Waals surface area contributed by atoms with Gasteiger partial charge in [-0.3, -0.25) is 4.79 Å². The summed E-state index contributed by atoms with van der Waals surface area (Å²) in [6, 6.07) is 5.55. The zero-order valence-corrected chi connectivity index (χ0v) is 14.1. The lowest BCUT2D eigenvalue weighted by molar-refractivity contribution is 0.279. The highest BCUT2D eigenvalue weighted by Gasteiger charge is 2.25. The highest BCUT2D eigenvalue weighted by molar-refractivity contribution is 5.56. The molecule has 2 aromatic heterocycles. The molecule has 0 radical (unpaired) electrons. The number of nitrogens with one attached hydrogen (secondary N) is 1. The monoisotopic (exact) mass is 312 g/mol. The van der Waals surface area contributed by atoms with Crippen LogP contribution in [0.15, 0.2) is 29.2 Å². The minimum absolute atomic E-state index is 0.116. The molecule has 1 N–H and O–H groups in total. The van der Waals surface area contributed by atoms with Crippen LogP contribution >= 0.6 is 0 Å². The molecule has 0 bridgehead atoms. The van der Waals surface area contributed by atoms with E-state index in [1.807, 2.05) is 19.1 Å². The summed E-state index contributed by atoms with van der Waals surface area (Å²) in [5, 5.41) is 0. The smallest absolute Gasteiger partial charge is 0.251 e. The Morgan fingerprint density at radius 2 is 2.00 bits per heavy atom. The number of aromatic nitrogens is 3. The molecule has 1 fully saturated rings. The van der Waals surface area contributed by atoms with Crippen LogP contribution < -0.4 is 10.5 Å². The van der Waals surface area contributed by atoms with Gasteiger partial charge in [-0.05, 0) is 36.8 Å². The van der Waals surface area contributed by atoms with Crippen molar-refractivity contribution in [3.63, 3.8) is 0 Å². The van der Waals surface area contributed by atoms with Crippen molar-refractivity contribution in [3.8, 4) is 11.4 Å². The highest BCUT2D eigenvalue weighted by atomic mass is 16.1. The molecule has 0 saturated carbocycles. The molecule has 5 heteroatoms. The van der Waals surface area contributed by atoms with E-state index in [4.69, 9.17) is 0 Å². The van der Waals surface area contributed by atoms with E-state index in [0.29, 0.717) is 11.2 Å². The molecule has 5 nitrogen and oxygen atoms in total. The fourth-order valence-electron chi connectivity index (χ4n) is 2.88. The number of piperidine rings is 1. The second-order valence-electron chi connectivity index (χ2n) is 7.00. The molecule has 23 heavy (non-hydrogen) atoms. The number of anilines is 1. The average Bonchev–Trinajstić information content (AvgIpc) is 2.54. The Balaban J connectivity index is 1.80. The number of hydrogen-bond donors (Lipinski definition) is 1. The number of H-pyrrole nitrogens is 1. The third kappa shape index (κ3) is 3.60. The molecule has 3 rings (SSSR count). The molecule has 0 atom stereocenters. The van der Waals surface area contributed by atoms with Gasteiger partial charge < -0.3 is 9.88 Å². The fourth-order valence-corrected chi connectivity index (χ4v) is 2.88. The lowest BCUT2D eigenvalue weighted by Crippen LogP contribution is -2.37. The van der Waals surface area contributed by atoms with Crippen LogP contribution in [0, 0.1) is 5.41 Å². The van der Waals surface area contributed by atoms with E-state index in [1.54, 1.807) is 12.3 Å². The molecule has 0 spiro atoms. The first-order valence-corrected chi connectivity index (χ1v) is 8.28. The van der Waals surface area contributed by atoms with Gasteiger partial charge >= 0.3 is 0 Å². The molecule has 0 unspecified atom stereocenters. The van der Waals surface area contributed by atoms with Crippen LogP contribution in [0.3, 0.4) is 0 Å². The molecular formula is C18H24N4O. The molecule has 2 aromatic rings. The highest BCUT2D eigenvalue weighted by Crippen LogP contribution is 2.31. The van der Waals surface area contributed by atoms with Crippen LogP contribution in [0.5, 0.6) is 0 Å². The van der Waals surface area contributed by atoms with Gasteiger partial charge in [0, 0.05) is 36.6 Å². The first kappa shape index (κ1) is 15.7. The van der Waals surface area contributed by atoms with E-state index in [0.717, 1.165) is 36.6 Å². The normalized spacial score (nSPS) is 17.3. The lowest BCUT2D eigenvalue weighted by atomic mass is 9.83. The van der Waals surface area contributed by atoms with Crippen molar-refractivity contribution < 1.29 is 0 Å². The van der Waals surface area contributed by atoms with Crippen molar-refractivity contribution in [2.75, 3.05) is 18.0 Å². The van der Waals surface area contributed by atoms with Gasteiger partial charge in [0.05, 0.1) is 0 Å². The van der Waals surface area contributed by atoms with Crippen molar-refractivity contribution in [1.29, 1.82) is 0 Å². The van der Waals surface area contributed by atoms with E-state index >= 15 is 0 Å². The van der Waals surface area contributed by atoms with Crippen LogP contribution in [-0.2, 0) is 6.42 Å². The largest absolute Gasteiger partial charge is 0.357 e. The van der Waals surface area contributed by atoms with Crippen molar-refractivity contribution >= 4 is 5.82 Å². The second-order valence-corrected chi connectivity index (χ2v) is 7.00. The molecule has 3 heterocycles. The Morgan fingerprint density at radius 1 is 1.26 bits per heavy atom. The van der Waals surface area contributed by atoms with Gasteiger partial charge in [0.15, 0.2) is 0 Å². The van der Waals surface area contributed by atoms with E-state index in [-0.39, 0.29) is 5.56 Å². The van der Waals surface area contributed by atoms with Crippen molar-refractivity contribution in [2.45, 2.75) is 40.0 Å². The zero-order chi connectivity index (χ0) is 16.4. The van der Waals surface area contributed by atoms with Crippen LogP contribution in [0.1, 0.15) is 39.3 Å². The van der Waals surface area contributed by atoms with Crippen LogP contribution in [0.2, 0.25) is 0 Å². The quantitative estimate of drug-likeness (QED) is 0.946. The number of nitrogens with zero attached hydrogens (tertiary/aromatic N) is 3. The molecule has 0 aliphatic carbocycles. The van der Waals surface area contributed by atoms with Crippen molar-refractivity contribution in [3.05, 3.63) is 40.4 Å². The van der Waals surface area contributed by atoms with Gasteiger partial charge in [-0.2, -0.15) is 0 Å². The van der Waals surface area contributed by atoms with Crippen LogP contribution in [-0.4, -0.2) is 28.0 Å². The maximum absolute atomic E-state index is 11.7. The maximum Gasteiger partial charge on any atom is 0.251 e. The molecule has 0 aromatic carbocycles. The summed E-state index contributed by atoms with van der Waals surface area (Å²) >= 11 is 0. The summed E-state index contributed by atoms with van der Waals surface area (Å²) in [4.78, 5) is 25.9. The fraction of sp³-hybridized carbons (Fsp3) is 0.500. The summed E-state index contributed by atoms with van der Waals surface area (Å²) in [7, 11) is 0. The second kappa shape index (κ2) is 6.14. The van der Waals surface area contributed by atoms with Gasteiger partial charge in [0.2, 0.25) is 0 Å². The molecule has 0 amide bonds. The minimum Gasteiger partial charge on any atom is -0.357 e. The Morgan fingerprint density at radius 3 is 2.61 bits per heavy atom. The SMILES string of the molecule is CCc1cc(=O)[nH]c(-c2ccc(N3CCC(C)(C)CC3)nc2)n1. The Labute approximate surface area is 136 Å². The van der Waals surface area contributed by atoms with E-state index in [1.165, 1.54) is 12.8 Å². The predicted molar refractivity (Wildman–Crippen MR) is 92.7 cm³/mol. The molecule has 1 aliphatic rings. The van der Waals surface area contributed by atoms with Crippen molar-refractivity contribution in [2.24, 2.45) is 5.41 Å². The van der Waals surface area contributed by atoms with Gasteiger partial charge in [-0.25, -0.2) is 9.97 Å². The number of aromatic amines is 1. The van der Waals surface area contributed by atoms with Crippen LogP contribution in [0.25, 0.3) is 11.4 Å². The van der Waals surface area contributed by atoms with Gasteiger partial charge in [0.25, 0.3) is 5.56 Å². The average molecular weight is 312 g/mol. The number of pyridine rings is 1. The first-order chi connectivity index (χ1) is 11.0. The van der Waals surface area contributed by atoms with Gasteiger partial charge in [-0.15, -0.1) is 0 Å². The standard InChI is InChI=1S/C18H24N4O/c1-4-14-11-16(23)21-17(20-14)13-5-6-15(19-12-13)22-9-7-18(2,3)8-10-22/h5-6,11-12H,4,7-10H2,1-3H3,(H,20,21,23). The minimum atomic E-state index is -0.116. The maximum atomic E-state index is 11.7. The number of hydrogen-bond acceptors (Lipinski definition) is 4. The van der Waals surface area contributed by atoms with Crippen LogP contribution in [0.4, 0.5) is 5.82 Å². The summed E-state index contributed by atoms with van der Waals surface area (Å²) in [5.74, 6) is 1.59. The molecule has 122 valence electrons. The summed E-state index contributed by atoms with van der Waals surface area (Å²) < 4.78 is 0. The van der Waals surface area contributed by atoms with Crippen molar-refractivity contribution in [1.82, 2.24) is 15.0 Å². The zero-order valence-electron chi connectivity index (χ0n) is 14.1. The van der Waals surface area contributed by atoms with E-state index in [2.05, 4.69) is 33.7 Å². The molecule has 1 aliphatic heterocycles. The third-order valence-electron chi connectivity index (χ3n) is 4.62. The molecule has 1 saturated heterocycles. The summed E-state index contributed by atoms with van der Waals surface area (Å²) in [6.07, 6.45) is 4.91. The van der Waals surface area contributed by atoms with Gasteiger partial charge in [-0.1, -0.05) is 20.8 Å². The summed E-state index contributed by atoms with van der Waals surface area (Å²) in [6.45, 7) is 8.72. The predicted octanol–water partition coefficient (Wildman–Crippen LogP) is 3.02. The number of rotatable bonds is 3. The Bertz CT molecular complexity index is 723. The molecular weight excluding hydrogens is 288 g/mol.